The van der Waals surface area contributed by atoms with Crippen molar-refractivity contribution >= 4 is 20.4 Å². The summed E-state index contributed by atoms with van der Waals surface area (Å²) in [5.74, 6) is 0. The molecule has 1 radical (unpaired) electrons. The van der Waals surface area contributed by atoms with Gasteiger partial charge in [0.05, 0.1) is 0 Å². The second-order valence-corrected chi connectivity index (χ2v) is 4.12. The van der Waals surface area contributed by atoms with E-state index in [0.29, 0.717) is 4.62 Å². The number of rotatable bonds is 3. The van der Waals surface area contributed by atoms with E-state index < -0.39 is 0 Å². The second kappa shape index (κ2) is 4.19. The van der Waals surface area contributed by atoms with Crippen LogP contribution in [0.3, 0.4) is 0 Å². The minimum absolute atomic E-state index is 0.250. The van der Waals surface area contributed by atoms with Crippen LogP contribution in [0.2, 0.25) is 5.21 Å². The number of hydrogen-bond acceptors (Lipinski definition) is 1. The molecule has 0 spiro atoms. The van der Waals surface area contributed by atoms with Crippen molar-refractivity contribution in [1.29, 1.82) is 5.41 Å². The van der Waals surface area contributed by atoms with Gasteiger partial charge in [-0.05, 0) is 0 Å². The van der Waals surface area contributed by atoms with Crippen LogP contribution in [0.1, 0.15) is 6.42 Å². The molecule has 0 amide bonds. The van der Waals surface area contributed by atoms with Crippen molar-refractivity contribution < 1.29 is 0 Å². The SMILES string of the molecule is [CH2]CC[AsH]C(=N)N. The van der Waals surface area contributed by atoms with Gasteiger partial charge in [-0.25, -0.2) is 0 Å². The summed E-state index contributed by atoms with van der Waals surface area (Å²) in [6.07, 6.45) is 0.930. The molecule has 0 aliphatic heterocycles. The predicted octanol–water partition coefficient (Wildman–Crippen LogP) is -0.0411. The number of hydrogen-bond donors (Lipinski definition) is 2. The van der Waals surface area contributed by atoms with Crippen LogP contribution in [0.4, 0.5) is 0 Å². The average Bonchev–Trinajstić information content (AvgIpc) is 1.61. The van der Waals surface area contributed by atoms with Crippen molar-refractivity contribution in [1.82, 2.24) is 0 Å². The Bertz CT molecular complexity index is 62.7. The van der Waals surface area contributed by atoms with Gasteiger partial charge >= 0.3 is 50.1 Å². The van der Waals surface area contributed by atoms with Gasteiger partial charge in [0.15, 0.2) is 0 Å². The molecule has 0 fully saturated rings. The molecule has 0 rings (SSSR count). The summed E-state index contributed by atoms with van der Waals surface area (Å²) in [6, 6.07) is 0. The first kappa shape index (κ1) is 7.03. The van der Waals surface area contributed by atoms with E-state index in [1.165, 1.54) is 0 Å². The average molecular weight is 161 g/mol. The third-order valence-corrected chi connectivity index (χ3v) is 2.56. The van der Waals surface area contributed by atoms with Crippen LogP contribution in [0.5, 0.6) is 0 Å². The number of nitrogens with two attached hydrogens (primary N) is 1. The molecular weight excluding hydrogens is 151 g/mol. The summed E-state index contributed by atoms with van der Waals surface area (Å²) in [7, 11) is 0. The van der Waals surface area contributed by atoms with Gasteiger partial charge in [-0.15, -0.1) is 0 Å². The Morgan fingerprint density at radius 1 is 1.86 bits per heavy atom. The Kier molecular flexibility index (Phi) is 4.21. The van der Waals surface area contributed by atoms with Crippen LogP contribution in [0.15, 0.2) is 0 Å². The van der Waals surface area contributed by atoms with Crippen LogP contribution < -0.4 is 5.73 Å². The van der Waals surface area contributed by atoms with E-state index in [4.69, 9.17) is 11.1 Å². The topological polar surface area (TPSA) is 49.9 Å². The van der Waals surface area contributed by atoms with Gasteiger partial charge in [0, 0.05) is 0 Å². The van der Waals surface area contributed by atoms with Gasteiger partial charge < -0.3 is 0 Å². The van der Waals surface area contributed by atoms with Gasteiger partial charge in [-0.2, -0.15) is 0 Å². The van der Waals surface area contributed by atoms with E-state index in [0.717, 1.165) is 11.6 Å². The molecule has 0 bridgehead atoms. The number of nitrogens with one attached hydrogen (secondary N) is 1. The summed E-state index contributed by atoms with van der Waals surface area (Å²) in [5.41, 5.74) is 5.09. The summed E-state index contributed by atoms with van der Waals surface area (Å²) in [6.45, 7) is 3.64. The number of amidine groups is 1. The molecule has 7 heavy (non-hydrogen) atoms. The Hall–Kier alpha value is 0.0284. The maximum absolute atomic E-state index is 6.80. The molecule has 0 aliphatic carbocycles. The van der Waals surface area contributed by atoms with E-state index in [2.05, 4.69) is 6.92 Å². The van der Waals surface area contributed by atoms with Gasteiger partial charge in [0.2, 0.25) is 0 Å². The normalized spacial score (nSPS) is 10.4. The summed E-state index contributed by atoms with van der Waals surface area (Å²) >= 11 is -0.250. The molecule has 41 valence electrons. The van der Waals surface area contributed by atoms with Gasteiger partial charge in [0.1, 0.15) is 0 Å². The van der Waals surface area contributed by atoms with Crippen LogP contribution in [0.25, 0.3) is 0 Å². The van der Waals surface area contributed by atoms with Crippen molar-refractivity contribution in [2.24, 2.45) is 5.73 Å². The third kappa shape index (κ3) is 6.03. The molecule has 0 saturated carbocycles. The Labute approximate surface area is 50.7 Å². The molecule has 0 heterocycles. The molecule has 0 aliphatic rings. The maximum atomic E-state index is 6.80. The molecule has 0 saturated heterocycles. The molecule has 0 aromatic rings. The summed E-state index contributed by atoms with van der Waals surface area (Å²) in [4.78, 5) is 0. The fourth-order valence-corrected chi connectivity index (χ4v) is 1.16. The van der Waals surface area contributed by atoms with Crippen LogP contribution in [-0.4, -0.2) is 20.4 Å². The van der Waals surface area contributed by atoms with Gasteiger partial charge in [-0.3, -0.25) is 0 Å². The fourth-order valence-electron chi connectivity index (χ4n) is 0.223. The van der Waals surface area contributed by atoms with Crippen molar-refractivity contribution in [3.8, 4) is 0 Å². The van der Waals surface area contributed by atoms with E-state index in [1.54, 1.807) is 0 Å². The van der Waals surface area contributed by atoms with Crippen molar-refractivity contribution in [3.05, 3.63) is 6.92 Å². The van der Waals surface area contributed by atoms with Crippen LogP contribution in [0, 0.1) is 12.3 Å². The first-order valence-corrected chi connectivity index (χ1v) is 4.67. The second-order valence-electron chi connectivity index (χ2n) is 1.19. The van der Waals surface area contributed by atoms with Crippen molar-refractivity contribution in [3.63, 3.8) is 0 Å². The van der Waals surface area contributed by atoms with E-state index in [-0.39, 0.29) is 15.8 Å². The minimum atomic E-state index is -0.250. The molecule has 0 aromatic heterocycles. The van der Waals surface area contributed by atoms with Crippen molar-refractivity contribution in [2.75, 3.05) is 0 Å². The summed E-state index contributed by atoms with van der Waals surface area (Å²) in [5, 5.41) is 7.87. The quantitative estimate of drug-likeness (QED) is 0.340. The van der Waals surface area contributed by atoms with Gasteiger partial charge in [0.25, 0.3) is 0 Å². The Morgan fingerprint density at radius 2 is 2.43 bits per heavy atom. The molecular formula is C4H10AsN2. The zero-order valence-electron chi connectivity index (χ0n) is 4.20. The zero-order valence-corrected chi connectivity index (χ0v) is 6.30. The zero-order chi connectivity index (χ0) is 5.70. The van der Waals surface area contributed by atoms with Crippen LogP contribution in [-0.2, 0) is 0 Å². The van der Waals surface area contributed by atoms with E-state index in [9.17, 15) is 0 Å². The predicted molar refractivity (Wildman–Crippen MR) is 33.8 cm³/mol. The third-order valence-electron chi connectivity index (χ3n) is 0.492. The molecule has 2 nitrogen and oxygen atoms in total. The first-order chi connectivity index (χ1) is 3.27. The molecule has 1 atom stereocenters. The monoisotopic (exact) mass is 161 g/mol. The first-order valence-electron chi connectivity index (χ1n) is 2.14. The van der Waals surface area contributed by atoms with Crippen molar-refractivity contribution in [2.45, 2.75) is 11.6 Å². The Morgan fingerprint density at radius 3 is 2.57 bits per heavy atom. The van der Waals surface area contributed by atoms with E-state index >= 15 is 0 Å². The molecule has 1 unspecified atom stereocenters. The van der Waals surface area contributed by atoms with E-state index in [1.807, 2.05) is 0 Å². The Balaban J connectivity index is 2.82. The standard InChI is InChI=1S/C4H10AsN2/c1-2-3-5-4(6)7/h5H,1-3H2,(H3,6,7). The van der Waals surface area contributed by atoms with Crippen LogP contribution >= 0.6 is 0 Å². The molecule has 3 heteroatoms. The molecule has 0 aromatic carbocycles. The summed E-state index contributed by atoms with van der Waals surface area (Å²) < 4.78 is 0.392. The fraction of sp³-hybridized carbons (Fsp3) is 0.500. The molecule has 3 N–H and O–H groups in total. The van der Waals surface area contributed by atoms with Gasteiger partial charge in [-0.1, -0.05) is 0 Å².